The first-order valence-electron chi connectivity index (χ1n) is 6.99. The Morgan fingerprint density at radius 1 is 1.11 bits per heavy atom. The molecule has 1 aromatic rings. The van der Waals surface area contributed by atoms with Crippen molar-refractivity contribution in [1.29, 1.82) is 5.26 Å². The lowest BCUT2D eigenvalue weighted by molar-refractivity contribution is 0.230. The summed E-state index contributed by atoms with van der Waals surface area (Å²) in [5.74, 6) is 0. The molecule has 19 heavy (non-hydrogen) atoms. The molecule has 1 atom stereocenters. The zero-order valence-electron chi connectivity index (χ0n) is 13.0. The average Bonchev–Trinajstić information content (AvgIpc) is 3.12. The lowest BCUT2D eigenvalue weighted by Gasteiger charge is -2.32. The van der Waals surface area contributed by atoms with Crippen LogP contribution < -0.4 is 0 Å². The van der Waals surface area contributed by atoms with Crippen molar-refractivity contribution in [2.24, 2.45) is 5.41 Å². The standard InChI is InChI=1S/C17H24N2/c1-11-9-12(2)14(4)15(13(11)3)16(19(5)6)17(10-18)7-8-17/h9,16H,7-8H2,1-6H3. The van der Waals surface area contributed by atoms with Crippen LogP contribution in [0.5, 0.6) is 0 Å². The predicted molar refractivity (Wildman–Crippen MR) is 79.1 cm³/mol. The number of benzene rings is 1. The first-order valence-corrected chi connectivity index (χ1v) is 6.99. The monoisotopic (exact) mass is 256 g/mol. The molecule has 2 nitrogen and oxygen atoms in total. The van der Waals surface area contributed by atoms with Crippen LogP contribution >= 0.6 is 0 Å². The number of nitrogens with zero attached hydrogens (tertiary/aromatic N) is 2. The van der Waals surface area contributed by atoms with Gasteiger partial charge >= 0.3 is 0 Å². The van der Waals surface area contributed by atoms with E-state index >= 15 is 0 Å². The van der Waals surface area contributed by atoms with Gasteiger partial charge in [0.25, 0.3) is 0 Å². The Hall–Kier alpha value is -1.33. The first-order chi connectivity index (χ1) is 8.84. The fraction of sp³-hybridized carbons (Fsp3) is 0.588. The summed E-state index contributed by atoms with van der Waals surface area (Å²) in [7, 11) is 4.19. The molecule has 0 saturated heterocycles. The molecule has 1 unspecified atom stereocenters. The quantitative estimate of drug-likeness (QED) is 0.822. The maximum Gasteiger partial charge on any atom is 0.0771 e. The summed E-state index contributed by atoms with van der Waals surface area (Å²) < 4.78 is 0. The highest BCUT2D eigenvalue weighted by Gasteiger charge is 2.52. The molecule has 102 valence electrons. The van der Waals surface area contributed by atoms with E-state index in [4.69, 9.17) is 0 Å². The van der Waals surface area contributed by atoms with Crippen LogP contribution in [0.2, 0.25) is 0 Å². The van der Waals surface area contributed by atoms with Crippen LogP contribution in [0.25, 0.3) is 0 Å². The molecule has 0 N–H and O–H groups in total. The predicted octanol–water partition coefficient (Wildman–Crippen LogP) is 3.83. The number of aryl methyl sites for hydroxylation is 2. The van der Waals surface area contributed by atoms with E-state index in [-0.39, 0.29) is 11.5 Å². The van der Waals surface area contributed by atoms with Crippen molar-refractivity contribution in [3.05, 3.63) is 33.9 Å². The fourth-order valence-electron chi connectivity index (χ4n) is 3.27. The van der Waals surface area contributed by atoms with Crippen molar-refractivity contribution in [3.63, 3.8) is 0 Å². The zero-order chi connectivity index (χ0) is 14.4. The summed E-state index contributed by atoms with van der Waals surface area (Å²) in [6.07, 6.45) is 2.05. The van der Waals surface area contributed by atoms with Gasteiger partial charge in [-0.15, -0.1) is 0 Å². The molecule has 1 fully saturated rings. The molecule has 1 saturated carbocycles. The Balaban J connectivity index is 2.65. The molecular formula is C17H24N2. The van der Waals surface area contributed by atoms with Gasteiger partial charge in [0.1, 0.15) is 0 Å². The topological polar surface area (TPSA) is 27.0 Å². The van der Waals surface area contributed by atoms with E-state index in [0.29, 0.717) is 0 Å². The molecule has 2 rings (SSSR count). The molecule has 0 amide bonds. The molecule has 0 spiro atoms. The van der Waals surface area contributed by atoms with Gasteiger partial charge in [0.15, 0.2) is 0 Å². The second kappa shape index (κ2) is 4.65. The summed E-state index contributed by atoms with van der Waals surface area (Å²) in [6.45, 7) is 8.73. The highest BCUT2D eigenvalue weighted by molar-refractivity contribution is 5.48. The van der Waals surface area contributed by atoms with E-state index < -0.39 is 0 Å². The molecule has 0 bridgehead atoms. The highest BCUT2D eigenvalue weighted by atomic mass is 15.1. The van der Waals surface area contributed by atoms with Crippen LogP contribution in [-0.2, 0) is 0 Å². The maximum absolute atomic E-state index is 9.58. The van der Waals surface area contributed by atoms with Crippen LogP contribution in [0, 0.1) is 44.4 Å². The Kier molecular flexibility index (Phi) is 3.45. The third-order valence-electron chi connectivity index (χ3n) is 4.75. The van der Waals surface area contributed by atoms with Crippen LogP contribution in [0.3, 0.4) is 0 Å². The first kappa shape index (κ1) is 14.1. The number of hydrogen-bond donors (Lipinski definition) is 0. The Morgan fingerprint density at radius 3 is 1.89 bits per heavy atom. The molecule has 1 aromatic carbocycles. The average molecular weight is 256 g/mol. The molecule has 2 heteroatoms. The Morgan fingerprint density at radius 2 is 1.58 bits per heavy atom. The van der Waals surface area contributed by atoms with E-state index in [0.717, 1.165) is 12.8 Å². The molecule has 0 heterocycles. The summed E-state index contributed by atoms with van der Waals surface area (Å²) in [6, 6.07) is 5.06. The fourth-order valence-corrected chi connectivity index (χ4v) is 3.27. The molecule has 0 radical (unpaired) electrons. The molecule has 0 aliphatic heterocycles. The van der Waals surface area contributed by atoms with Crippen molar-refractivity contribution in [2.75, 3.05) is 14.1 Å². The minimum absolute atomic E-state index is 0.167. The van der Waals surface area contributed by atoms with Crippen molar-refractivity contribution in [2.45, 2.75) is 46.6 Å². The molecule has 1 aliphatic rings. The van der Waals surface area contributed by atoms with E-state index in [9.17, 15) is 5.26 Å². The Labute approximate surface area is 117 Å². The smallest absolute Gasteiger partial charge is 0.0771 e. The summed E-state index contributed by atoms with van der Waals surface area (Å²) in [5.41, 5.74) is 6.57. The van der Waals surface area contributed by atoms with Crippen molar-refractivity contribution in [1.82, 2.24) is 4.90 Å². The SMILES string of the molecule is Cc1cc(C)c(C)c(C(N(C)C)C2(C#N)CC2)c1C. The van der Waals surface area contributed by atoms with Gasteiger partial charge in [0.05, 0.1) is 17.5 Å². The van der Waals surface area contributed by atoms with Gasteiger partial charge in [-0.05, 0) is 82.4 Å². The van der Waals surface area contributed by atoms with Gasteiger partial charge in [-0.2, -0.15) is 5.26 Å². The second-order valence-corrected chi connectivity index (χ2v) is 6.31. The summed E-state index contributed by atoms with van der Waals surface area (Å²) >= 11 is 0. The number of rotatable bonds is 3. The third-order valence-corrected chi connectivity index (χ3v) is 4.75. The van der Waals surface area contributed by atoms with Crippen LogP contribution in [-0.4, -0.2) is 19.0 Å². The van der Waals surface area contributed by atoms with Gasteiger partial charge in [0.2, 0.25) is 0 Å². The van der Waals surface area contributed by atoms with Crippen molar-refractivity contribution >= 4 is 0 Å². The van der Waals surface area contributed by atoms with Gasteiger partial charge in [-0.1, -0.05) is 6.07 Å². The van der Waals surface area contributed by atoms with Crippen molar-refractivity contribution < 1.29 is 0 Å². The van der Waals surface area contributed by atoms with Gasteiger partial charge in [0, 0.05) is 0 Å². The largest absolute Gasteiger partial charge is 0.301 e. The van der Waals surface area contributed by atoms with Crippen LogP contribution in [0.15, 0.2) is 6.07 Å². The minimum atomic E-state index is -0.167. The van der Waals surface area contributed by atoms with E-state index in [1.54, 1.807) is 0 Å². The second-order valence-electron chi connectivity index (χ2n) is 6.31. The number of nitriles is 1. The van der Waals surface area contributed by atoms with Gasteiger partial charge in [-0.3, -0.25) is 0 Å². The van der Waals surface area contributed by atoms with Crippen molar-refractivity contribution in [3.8, 4) is 6.07 Å². The summed E-state index contributed by atoms with van der Waals surface area (Å²) in [4.78, 5) is 2.23. The van der Waals surface area contributed by atoms with E-state index in [2.05, 4.69) is 58.8 Å². The minimum Gasteiger partial charge on any atom is -0.301 e. The maximum atomic E-state index is 9.58. The van der Waals surface area contributed by atoms with Crippen LogP contribution in [0.4, 0.5) is 0 Å². The Bertz CT molecular complexity index is 519. The number of hydrogen-bond acceptors (Lipinski definition) is 2. The lowest BCUT2D eigenvalue weighted by atomic mass is 9.82. The normalized spacial score (nSPS) is 18.2. The van der Waals surface area contributed by atoms with Crippen LogP contribution in [0.1, 0.15) is 46.7 Å². The molecular weight excluding hydrogens is 232 g/mol. The summed E-state index contributed by atoms with van der Waals surface area (Å²) in [5, 5.41) is 9.58. The zero-order valence-corrected chi connectivity index (χ0v) is 13.0. The van der Waals surface area contributed by atoms with Gasteiger partial charge in [-0.25, -0.2) is 0 Å². The van der Waals surface area contributed by atoms with E-state index in [1.807, 2.05) is 0 Å². The van der Waals surface area contributed by atoms with E-state index in [1.165, 1.54) is 27.8 Å². The van der Waals surface area contributed by atoms with Gasteiger partial charge < -0.3 is 4.90 Å². The molecule has 1 aliphatic carbocycles. The highest BCUT2D eigenvalue weighted by Crippen LogP contribution is 2.57. The third kappa shape index (κ3) is 2.17. The molecule has 0 aromatic heterocycles. The lowest BCUT2D eigenvalue weighted by Crippen LogP contribution is -2.29.